The second-order valence-electron chi connectivity index (χ2n) is 7.74. The van der Waals surface area contributed by atoms with Crippen molar-refractivity contribution in [2.75, 3.05) is 33.7 Å². The van der Waals surface area contributed by atoms with Gasteiger partial charge in [-0.1, -0.05) is 30.3 Å². The molecule has 0 atom stereocenters. The highest BCUT2D eigenvalue weighted by molar-refractivity contribution is 5.97. The zero-order valence-corrected chi connectivity index (χ0v) is 17.4. The summed E-state index contributed by atoms with van der Waals surface area (Å²) in [6.45, 7) is 2.79. The van der Waals surface area contributed by atoms with Crippen molar-refractivity contribution in [1.29, 1.82) is 0 Å². The molecular weight excluding hydrogens is 366 g/mol. The molecule has 2 heterocycles. The van der Waals surface area contributed by atoms with Crippen molar-refractivity contribution in [2.24, 2.45) is 0 Å². The maximum atomic E-state index is 12.7. The van der Waals surface area contributed by atoms with E-state index in [9.17, 15) is 9.59 Å². The second-order valence-corrected chi connectivity index (χ2v) is 7.74. The Hall–Kier alpha value is -2.67. The fourth-order valence-corrected chi connectivity index (χ4v) is 3.62. The molecule has 2 aromatic rings. The van der Waals surface area contributed by atoms with Gasteiger partial charge in [0.15, 0.2) is 5.82 Å². The maximum absolute atomic E-state index is 12.7. The molecule has 0 saturated carbocycles. The van der Waals surface area contributed by atoms with Gasteiger partial charge in [-0.3, -0.25) is 9.59 Å². The van der Waals surface area contributed by atoms with E-state index in [0.717, 1.165) is 50.9 Å². The van der Waals surface area contributed by atoms with E-state index in [4.69, 9.17) is 0 Å². The van der Waals surface area contributed by atoms with Crippen molar-refractivity contribution < 1.29 is 9.59 Å². The molecule has 7 heteroatoms. The van der Waals surface area contributed by atoms with Gasteiger partial charge in [-0.25, -0.2) is 4.98 Å². The molecule has 2 N–H and O–H groups in total. The number of benzene rings is 1. The number of carbonyl (C=O) groups is 2. The molecule has 0 aliphatic carbocycles. The summed E-state index contributed by atoms with van der Waals surface area (Å²) in [6.07, 6.45) is 4.44. The van der Waals surface area contributed by atoms with Gasteiger partial charge in [0.05, 0.1) is 5.69 Å². The summed E-state index contributed by atoms with van der Waals surface area (Å²) in [5.74, 6) is -0.0420. The molecule has 2 amide bonds. The van der Waals surface area contributed by atoms with Crippen molar-refractivity contribution in [2.45, 2.75) is 38.6 Å². The molecule has 1 aliphatic rings. The molecule has 0 spiro atoms. The molecule has 1 aliphatic heterocycles. The standard InChI is InChI=1S/C22H31N5O2/c1-26(2)15-8-13-23-21(28)19-18-11-6-7-16-27(18)20(25-19)22(29)24-14-12-17-9-4-3-5-10-17/h3-5,9-10H,6-8,11-16H2,1-2H3,(H,23,28)(H,24,29). The molecule has 7 nitrogen and oxygen atoms in total. The van der Waals surface area contributed by atoms with Crippen LogP contribution in [0, 0.1) is 0 Å². The predicted molar refractivity (Wildman–Crippen MR) is 113 cm³/mol. The van der Waals surface area contributed by atoms with Crippen molar-refractivity contribution in [3.8, 4) is 0 Å². The van der Waals surface area contributed by atoms with Gasteiger partial charge in [-0.05, 0) is 58.3 Å². The van der Waals surface area contributed by atoms with Gasteiger partial charge in [-0.2, -0.15) is 0 Å². The normalized spacial score (nSPS) is 13.2. The Morgan fingerprint density at radius 2 is 1.83 bits per heavy atom. The molecule has 0 radical (unpaired) electrons. The van der Waals surface area contributed by atoms with Gasteiger partial charge in [0.25, 0.3) is 11.8 Å². The fraction of sp³-hybridized carbons (Fsp3) is 0.500. The van der Waals surface area contributed by atoms with Crippen LogP contribution in [0.15, 0.2) is 30.3 Å². The minimum atomic E-state index is -0.212. The van der Waals surface area contributed by atoms with Crippen LogP contribution in [0.2, 0.25) is 0 Å². The molecule has 0 saturated heterocycles. The molecule has 0 unspecified atom stereocenters. The van der Waals surface area contributed by atoms with Crippen LogP contribution in [0.3, 0.4) is 0 Å². The highest BCUT2D eigenvalue weighted by Crippen LogP contribution is 2.21. The highest BCUT2D eigenvalue weighted by atomic mass is 16.2. The van der Waals surface area contributed by atoms with Crippen LogP contribution in [-0.2, 0) is 19.4 Å². The van der Waals surface area contributed by atoms with Crippen LogP contribution >= 0.6 is 0 Å². The monoisotopic (exact) mass is 397 g/mol. The second kappa shape index (κ2) is 10.2. The largest absolute Gasteiger partial charge is 0.351 e. The Bertz CT molecular complexity index is 829. The third-order valence-corrected chi connectivity index (χ3v) is 5.15. The van der Waals surface area contributed by atoms with Crippen LogP contribution in [-0.4, -0.2) is 60.0 Å². The predicted octanol–water partition coefficient (Wildman–Crippen LogP) is 1.87. The van der Waals surface area contributed by atoms with E-state index in [-0.39, 0.29) is 11.8 Å². The van der Waals surface area contributed by atoms with Crippen LogP contribution in [0.5, 0.6) is 0 Å². The van der Waals surface area contributed by atoms with E-state index in [0.29, 0.717) is 24.6 Å². The summed E-state index contributed by atoms with van der Waals surface area (Å²) >= 11 is 0. The first-order valence-corrected chi connectivity index (χ1v) is 10.4. The number of hydrogen-bond acceptors (Lipinski definition) is 4. The molecule has 156 valence electrons. The first-order valence-electron chi connectivity index (χ1n) is 10.4. The van der Waals surface area contributed by atoms with E-state index in [1.807, 2.05) is 49.0 Å². The summed E-state index contributed by atoms with van der Waals surface area (Å²) in [7, 11) is 4.02. The van der Waals surface area contributed by atoms with Crippen LogP contribution in [0.1, 0.15) is 51.6 Å². The van der Waals surface area contributed by atoms with Crippen molar-refractivity contribution in [1.82, 2.24) is 25.1 Å². The Balaban J connectivity index is 1.64. The number of imidazole rings is 1. The third-order valence-electron chi connectivity index (χ3n) is 5.15. The minimum absolute atomic E-state index is 0.183. The van der Waals surface area contributed by atoms with Gasteiger partial charge < -0.3 is 20.1 Å². The van der Waals surface area contributed by atoms with Gasteiger partial charge in [0.1, 0.15) is 5.69 Å². The number of hydrogen-bond donors (Lipinski definition) is 2. The summed E-state index contributed by atoms with van der Waals surface area (Å²) in [5.41, 5.74) is 2.47. The van der Waals surface area contributed by atoms with E-state index in [1.165, 1.54) is 5.56 Å². The lowest BCUT2D eigenvalue weighted by Gasteiger charge is -2.17. The van der Waals surface area contributed by atoms with E-state index in [2.05, 4.69) is 20.5 Å². The summed E-state index contributed by atoms with van der Waals surface area (Å²) < 4.78 is 1.93. The molecule has 0 bridgehead atoms. The van der Waals surface area contributed by atoms with Crippen molar-refractivity contribution in [3.63, 3.8) is 0 Å². The summed E-state index contributed by atoms with van der Waals surface area (Å²) in [6, 6.07) is 10.0. The first kappa shape index (κ1) is 21.0. The Morgan fingerprint density at radius 3 is 2.59 bits per heavy atom. The molecule has 1 aromatic heterocycles. The average Bonchev–Trinajstić information content (AvgIpc) is 3.11. The molecule has 29 heavy (non-hydrogen) atoms. The highest BCUT2D eigenvalue weighted by Gasteiger charge is 2.27. The number of carbonyl (C=O) groups excluding carboxylic acids is 2. The van der Waals surface area contributed by atoms with Gasteiger partial charge in [0.2, 0.25) is 0 Å². The summed E-state index contributed by atoms with van der Waals surface area (Å²) in [4.78, 5) is 32.0. The minimum Gasteiger partial charge on any atom is -0.351 e. The number of aromatic nitrogens is 2. The topological polar surface area (TPSA) is 79.3 Å². The Labute approximate surface area is 172 Å². The molecule has 1 aromatic carbocycles. The fourth-order valence-electron chi connectivity index (χ4n) is 3.62. The number of fused-ring (bicyclic) bond motifs is 1. The lowest BCUT2D eigenvalue weighted by molar-refractivity contribution is 0.0938. The van der Waals surface area contributed by atoms with Crippen LogP contribution in [0.25, 0.3) is 0 Å². The smallest absolute Gasteiger partial charge is 0.287 e. The van der Waals surface area contributed by atoms with Crippen LogP contribution < -0.4 is 10.6 Å². The number of nitrogens with zero attached hydrogens (tertiary/aromatic N) is 3. The summed E-state index contributed by atoms with van der Waals surface area (Å²) in [5, 5.41) is 5.90. The van der Waals surface area contributed by atoms with Crippen molar-refractivity contribution in [3.05, 3.63) is 53.1 Å². The lowest BCUT2D eigenvalue weighted by atomic mass is 10.1. The van der Waals surface area contributed by atoms with Gasteiger partial charge in [0, 0.05) is 19.6 Å². The Morgan fingerprint density at radius 1 is 1.07 bits per heavy atom. The lowest BCUT2D eigenvalue weighted by Crippen LogP contribution is -2.29. The van der Waals surface area contributed by atoms with E-state index >= 15 is 0 Å². The molecule has 0 fully saturated rings. The number of nitrogens with one attached hydrogen (secondary N) is 2. The van der Waals surface area contributed by atoms with Crippen molar-refractivity contribution >= 4 is 11.8 Å². The maximum Gasteiger partial charge on any atom is 0.287 e. The quantitative estimate of drug-likeness (QED) is 0.633. The zero-order chi connectivity index (χ0) is 20.6. The third kappa shape index (κ3) is 5.67. The molecule has 3 rings (SSSR count). The Kier molecular flexibility index (Phi) is 7.41. The molecular formula is C22H31N5O2. The average molecular weight is 398 g/mol. The number of amides is 2. The van der Waals surface area contributed by atoms with E-state index in [1.54, 1.807) is 0 Å². The van der Waals surface area contributed by atoms with E-state index < -0.39 is 0 Å². The SMILES string of the molecule is CN(C)CCCNC(=O)c1nc(C(=O)NCCc2ccccc2)n2c1CCCC2. The zero-order valence-electron chi connectivity index (χ0n) is 17.4. The first-order chi connectivity index (χ1) is 14.1. The van der Waals surface area contributed by atoms with Gasteiger partial charge >= 0.3 is 0 Å². The number of rotatable bonds is 9. The van der Waals surface area contributed by atoms with Crippen LogP contribution in [0.4, 0.5) is 0 Å². The van der Waals surface area contributed by atoms with Gasteiger partial charge in [-0.15, -0.1) is 0 Å².